The van der Waals surface area contributed by atoms with E-state index in [1.165, 1.54) is 26.4 Å². The van der Waals surface area contributed by atoms with Gasteiger partial charge in [0.1, 0.15) is 5.75 Å². The van der Waals surface area contributed by atoms with Gasteiger partial charge in [0.2, 0.25) is 0 Å². The Labute approximate surface area is 122 Å². The van der Waals surface area contributed by atoms with E-state index in [1.54, 1.807) is 24.3 Å². The van der Waals surface area contributed by atoms with Gasteiger partial charge in [-0.15, -0.1) is 0 Å². The number of amides is 1. The molecule has 0 saturated carbocycles. The monoisotopic (exact) mass is 288 g/mol. The van der Waals surface area contributed by atoms with Gasteiger partial charge < -0.3 is 25.6 Å². The molecule has 1 amide bonds. The number of nitrogens with one attached hydrogen (secondary N) is 1. The van der Waals surface area contributed by atoms with Gasteiger partial charge in [-0.1, -0.05) is 0 Å². The Hall–Kier alpha value is -2.89. The molecule has 0 spiro atoms. The molecule has 0 bridgehead atoms. The van der Waals surface area contributed by atoms with Crippen LogP contribution in [-0.2, 0) is 0 Å². The van der Waals surface area contributed by atoms with Crippen molar-refractivity contribution in [2.24, 2.45) is 0 Å². The number of carbonyl (C=O) groups is 1. The van der Waals surface area contributed by atoms with Crippen molar-refractivity contribution in [3.63, 3.8) is 0 Å². The summed E-state index contributed by atoms with van der Waals surface area (Å²) < 4.78 is 9.97. The predicted molar refractivity (Wildman–Crippen MR) is 80.0 cm³/mol. The van der Waals surface area contributed by atoms with Crippen LogP contribution in [0.2, 0.25) is 0 Å². The first-order valence-electron chi connectivity index (χ1n) is 6.17. The van der Waals surface area contributed by atoms with Crippen LogP contribution in [0.15, 0.2) is 36.4 Å². The molecule has 4 N–H and O–H groups in total. The third kappa shape index (κ3) is 3.17. The lowest BCUT2D eigenvalue weighted by atomic mass is 10.1. The number of methoxy groups -OCH3 is 2. The van der Waals surface area contributed by atoms with Gasteiger partial charge >= 0.3 is 0 Å². The second kappa shape index (κ2) is 6.04. The number of aromatic hydroxyl groups is 1. The quantitative estimate of drug-likeness (QED) is 0.750. The predicted octanol–water partition coefficient (Wildman–Crippen LogP) is 2.24. The van der Waals surface area contributed by atoms with Crippen molar-refractivity contribution in [2.45, 2.75) is 0 Å². The number of hydrogen-bond donors (Lipinski definition) is 3. The molecular weight excluding hydrogens is 272 g/mol. The highest BCUT2D eigenvalue weighted by atomic mass is 16.5. The molecule has 0 unspecified atom stereocenters. The molecule has 0 aromatic heterocycles. The van der Waals surface area contributed by atoms with Crippen molar-refractivity contribution >= 4 is 17.3 Å². The lowest BCUT2D eigenvalue weighted by Crippen LogP contribution is -2.13. The zero-order valence-corrected chi connectivity index (χ0v) is 11.7. The summed E-state index contributed by atoms with van der Waals surface area (Å²) in [5.74, 6) is 0.417. The minimum Gasteiger partial charge on any atom is -0.504 e. The molecular formula is C15H16N2O4. The Morgan fingerprint density at radius 1 is 1.14 bits per heavy atom. The van der Waals surface area contributed by atoms with E-state index in [4.69, 9.17) is 15.2 Å². The van der Waals surface area contributed by atoms with Gasteiger partial charge in [0.15, 0.2) is 11.5 Å². The molecule has 0 aliphatic carbocycles. The topological polar surface area (TPSA) is 93.8 Å². The van der Waals surface area contributed by atoms with Crippen molar-refractivity contribution < 1.29 is 19.4 Å². The highest BCUT2D eigenvalue weighted by molar-refractivity contribution is 6.06. The maximum atomic E-state index is 12.1. The van der Waals surface area contributed by atoms with E-state index in [1.807, 2.05) is 0 Å². The third-order valence-corrected chi connectivity index (χ3v) is 2.95. The van der Waals surface area contributed by atoms with Crippen molar-refractivity contribution in [1.29, 1.82) is 0 Å². The Kier molecular flexibility index (Phi) is 4.18. The molecule has 0 aliphatic rings. The average Bonchev–Trinajstić information content (AvgIpc) is 2.49. The molecule has 110 valence electrons. The van der Waals surface area contributed by atoms with Gasteiger partial charge in [0.05, 0.1) is 25.6 Å². The number of rotatable bonds is 4. The second-order valence-electron chi connectivity index (χ2n) is 4.29. The fourth-order valence-electron chi connectivity index (χ4n) is 1.81. The van der Waals surface area contributed by atoms with Crippen LogP contribution in [0.3, 0.4) is 0 Å². The number of carbonyl (C=O) groups excluding carboxylic acids is 1. The van der Waals surface area contributed by atoms with Crippen LogP contribution in [-0.4, -0.2) is 25.2 Å². The zero-order valence-electron chi connectivity index (χ0n) is 11.7. The minimum atomic E-state index is -0.384. The summed E-state index contributed by atoms with van der Waals surface area (Å²) in [6.45, 7) is 0. The second-order valence-corrected chi connectivity index (χ2v) is 4.29. The standard InChI is InChI=1S/C15H16N2O4/c1-20-10-4-5-12(11(16)8-10)17-15(19)9-3-6-14(21-2)13(18)7-9/h3-8,18H,16H2,1-2H3,(H,17,19). The van der Waals surface area contributed by atoms with Crippen molar-refractivity contribution in [3.8, 4) is 17.2 Å². The lowest BCUT2D eigenvalue weighted by molar-refractivity contribution is 0.102. The number of benzene rings is 2. The van der Waals surface area contributed by atoms with Crippen LogP contribution in [0.25, 0.3) is 0 Å². The van der Waals surface area contributed by atoms with Gasteiger partial charge in [0, 0.05) is 11.6 Å². The van der Waals surface area contributed by atoms with E-state index in [0.717, 1.165) is 0 Å². The number of nitrogens with two attached hydrogens (primary N) is 1. The van der Waals surface area contributed by atoms with Crippen LogP contribution in [0, 0.1) is 0 Å². The highest BCUT2D eigenvalue weighted by Crippen LogP contribution is 2.28. The van der Waals surface area contributed by atoms with E-state index in [-0.39, 0.29) is 11.7 Å². The van der Waals surface area contributed by atoms with Gasteiger partial charge in [-0.25, -0.2) is 0 Å². The highest BCUT2D eigenvalue weighted by Gasteiger charge is 2.11. The van der Waals surface area contributed by atoms with E-state index < -0.39 is 0 Å². The molecule has 0 aliphatic heterocycles. The summed E-state index contributed by atoms with van der Waals surface area (Å²) >= 11 is 0. The first-order valence-corrected chi connectivity index (χ1v) is 6.17. The van der Waals surface area contributed by atoms with E-state index in [0.29, 0.717) is 28.4 Å². The van der Waals surface area contributed by atoms with Crippen LogP contribution in [0.4, 0.5) is 11.4 Å². The van der Waals surface area contributed by atoms with Gasteiger partial charge in [-0.05, 0) is 30.3 Å². The third-order valence-electron chi connectivity index (χ3n) is 2.95. The molecule has 2 rings (SSSR count). The molecule has 0 radical (unpaired) electrons. The summed E-state index contributed by atoms with van der Waals surface area (Å²) in [6, 6.07) is 9.34. The number of hydrogen-bond acceptors (Lipinski definition) is 5. The van der Waals surface area contributed by atoms with Crippen LogP contribution < -0.4 is 20.5 Å². The zero-order chi connectivity index (χ0) is 15.4. The molecule has 2 aromatic carbocycles. The number of anilines is 2. The number of nitrogen functional groups attached to an aromatic ring is 1. The number of phenols is 1. The van der Waals surface area contributed by atoms with Crippen molar-refractivity contribution in [3.05, 3.63) is 42.0 Å². The summed E-state index contributed by atoms with van der Waals surface area (Å²) in [7, 11) is 2.97. The first-order chi connectivity index (χ1) is 10.0. The number of ether oxygens (including phenoxy) is 2. The maximum Gasteiger partial charge on any atom is 0.255 e. The Morgan fingerprint density at radius 2 is 1.90 bits per heavy atom. The first kappa shape index (κ1) is 14.5. The van der Waals surface area contributed by atoms with E-state index in [9.17, 15) is 9.90 Å². The minimum absolute atomic E-state index is 0.104. The molecule has 2 aromatic rings. The number of phenolic OH excluding ortho intramolecular Hbond substituents is 1. The summed E-state index contributed by atoms with van der Waals surface area (Å²) in [5.41, 5.74) is 6.99. The molecule has 6 nitrogen and oxygen atoms in total. The lowest BCUT2D eigenvalue weighted by Gasteiger charge is -2.10. The van der Waals surface area contributed by atoms with E-state index >= 15 is 0 Å². The SMILES string of the molecule is COc1ccc(NC(=O)c2ccc(OC)c(O)c2)c(N)c1. The molecule has 0 saturated heterocycles. The summed E-state index contributed by atoms with van der Waals surface area (Å²) in [5, 5.41) is 12.4. The van der Waals surface area contributed by atoms with Crippen LogP contribution in [0.1, 0.15) is 10.4 Å². The van der Waals surface area contributed by atoms with Gasteiger partial charge in [0.25, 0.3) is 5.91 Å². The molecule has 0 fully saturated rings. The maximum absolute atomic E-state index is 12.1. The fraction of sp³-hybridized carbons (Fsp3) is 0.133. The molecule has 6 heteroatoms. The van der Waals surface area contributed by atoms with Crippen LogP contribution in [0.5, 0.6) is 17.2 Å². The normalized spacial score (nSPS) is 10.0. The summed E-state index contributed by atoms with van der Waals surface area (Å²) in [4.78, 5) is 12.1. The van der Waals surface area contributed by atoms with E-state index in [2.05, 4.69) is 5.32 Å². The molecule has 21 heavy (non-hydrogen) atoms. The molecule has 0 atom stereocenters. The Bertz CT molecular complexity index is 671. The van der Waals surface area contributed by atoms with Gasteiger partial charge in [-0.3, -0.25) is 4.79 Å². The van der Waals surface area contributed by atoms with Crippen molar-refractivity contribution in [2.75, 3.05) is 25.3 Å². The van der Waals surface area contributed by atoms with Gasteiger partial charge in [-0.2, -0.15) is 0 Å². The fourth-order valence-corrected chi connectivity index (χ4v) is 1.81. The Morgan fingerprint density at radius 3 is 2.48 bits per heavy atom. The largest absolute Gasteiger partial charge is 0.504 e. The van der Waals surface area contributed by atoms with Crippen molar-refractivity contribution in [1.82, 2.24) is 0 Å². The Balaban J connectivity index is 2.20. The summed E-state index contributed by atoms with van der Waals surface area (Å²) in [6.07, 6.45) is 0. The smallest absolute Gasteiger partial charge is 0.255 e. The molecule has 0 heterocycles. The average molecular weight is 288 g/mol. The van der Waals surface area contributed by atoms with Crippen LogP contribution >= 0.6 is 0 Å².